The van der Waals surface area contributed by atoms with Gasteiger partial charge < -0.3 is 9.64 Å². The first-order chi connectivity index (χ1) is 13.9. The van der Waals surface area contributed by atoms with Gasteiger partial charge in [-0.15, -0.1) is 0 Å². The maximum Gasteiger partial charge on any atom is 0.312 e. The Morgan fingerprint density at radius 1 is 1.07 bits per heavy atom. The molecule has 1 aliphatic carbocycles. The fraction of sp³-hybridized carbons (Fsp3) is 0.391. The van der Waals surface area contributed by atoms with Crippen molar-refractivity contribution in [3.63, 3.8) is 0 Å². The molecule has 0 N–H and O–H groups in total. The van der Waals surface area contributed by atoms with Crippen molar-refractivity contribution in [2.75, 3.05) is 13.2 Å². The number of amides is 1. The number of halogens is 2. The molecule has 1 heterocycles. The number of rotatable bonds is 5. The molecule has 2 fully saturated rings. The number of likely N-dealkylation sites (tertiary alicyclic amines) is 1. The molecular formula is C23H23Cl2NO3. The molecule has 0 radical (unpaired) electrons. The number of esters is 1. The SMILES string of the molecule is CCOC(=O)[C@]1(Cc2ccccc2)CCN(C(=O)c2ccccc2)[C@@H]2[C@@H]1C2(Cl)Cl. The summed E-state index contributed by atoms with van der Waals surface area (Å²) in [7, 11) is 0. The van der Waals surface area contributed by atoms with Crippen LogP contribution in [0.4, 0.5) is 0 Å². The van der Waals surface area contributed by atoms with Crippen LogP contribution < -0.4 is 0 Å². The van der Waals surface area contributed by atoms with E-state index in [4.69, 9.17) is 27.9 Å². The van der Waals surface area contributed by atoms with E-state index in [0.717, 1.165) is 5.56 Å². The van der Waals surface area contributed by atoms with Crippen molar-refractivity contribution >= 4 is 35.1 Å². The van der Waals surface area contributed by atoms with Crippen LogP contribution in [0.15, 0.2) is 60.7 Å². The zero-order chi connectivity index (χ0) is 20.6. The molecule has 0 spiro atoms. The van der Waals surface area contributed by atoms with Crippen LogP contribution in [-0.2, 0) is 16.0 Å². The van der Waals surface area contributed by atoms with Crippen molar-refractivity contribution in [3.05, 3.63) is 71.8 Å². The van der Waals surface area contributed by atoms with Crippen LogP contribution in [-0.4, -0.2) is 40.3 Å². The highest BCUT2D eigenvalue weighted by Gasteiger charge is 2.77. The fourth-order valence-electron chi connectivity index (χ4n) is 4.69. The van der Waals surface area contributed by atoms with E-state index in [2.05, 4.69) is 0 Å². The molecule has 6 heteroatoms. The molecule has 4 rings (SSSR count). The number of alkyl halides is 2. The molecule has 2 aromatic carbocycles. The summed E-state index contributed by atoms with van der Waals surface area (Å²) in [6.45, 7) is 2.49. The molecule has 4 nitrogen and oxygen atoms in total. The third kappa shape index (κ3) is 3.43. The van der Waals surface area contributed by atoms with Gasteiger partial charge in [-0.05, 0) is 37.5 Å². The summed E-state index contributed by atoms with van der Waals surface area (Å²) in [6.07, 6.45) is 0.948. The Balaban J connectivity index is 1.67. The number of carbonyl (C=O) groups is 2. The zero-order valence-electron chi connectivity index (χ0n) is 16.2. The highest BCUT2D eigenvalue weighted by molar-refractivity contribution is 6.52. The Kier molecular flexibility index (Phi) is 5.34. The smallest absolute Gasteiger partial charge is 0.312 e. The third-order valence-electron chi connectivity index (χ3n) is 6.07. The van der Waals surface area contributed by atoms with Crippen LogP contribution in [0.3, 0.4) is 0 Å². The van der Waals surface area contributed by atoms with Gasteiger partial charge in [0, 0.05) is 18.0 Å². The minimum atomic E-state index is -1.18. The summed E-state index contributed by atoms with van der Waals surface area (Å²) in [5, 5.41) is 0. The van der Waals surface area contributed by atoms with Crippen molar-refractivity contribution in [1.29, 1.82) is 0 Å². The number of hydrogen-bond donors (Lipinski definition) is 0. The summed E-state index contributed by atoms with van der Waals surface area (Å²) in [5.41, 5.74) is 0.770. The van der Waals surface area contributed by atoms with Crippen molar-refractivity contribution in [3.8, 4) is 0 Å². The molecule has 0 bridgehead atoms. The molecule has 29 heavy (non-hydrogen) atoms. The molecule has 2 aliphatic rings. The van der Waals surface area contributed by atoms with Gasteiger partial charge in [0.2, 0.25) is 0 Å². The van der Waals surface area contributed by atoms with E-state index in [9.17, 15) is 9.59 Å². The van der Waals surface area contributed by atoms with Gasteiger partial charge in [0.05, 0.1) is 18.1 Å². The number of carbonyl (C=O) groups excluding carboxylic acids is 2. The van der Waals surface area contributed by atoms with E-state index < -0.39 is 15.8 Å². The van der Waals surface area contributed by atoms with Crippen LogP contribution in [0.25, 0.3) is 0 Å². The van der Waals surface area contributed by atoms with Gasteiger partial charge >= 0.3 is 5.97 Å². The van der Waals surface area contributed by atoms with E-state index in [1.165, 1.54) is 0 Å². The van der Waals surface area contributed by atoms with E-state index >= 15 is 0 Å². The Bertz CT molecular complexity index is 903. The van der Waals surface area contributed by atoms with E-state index in [-0.39, 0.29) is 24.4 Å². The second kappa shape index (κ2) is 7.66. The number of benzene rings is 2. The van der Waals surface area contributed by atoms with Crippen molar-refractivity contribution in [1.82, 2.24) is 4.90 Å². The Morgan fingerprint density at radius 2 is 1.69 bits per heavy atom. The quantitative estimate of drug-likeness (QED) is 0.517. The van der Waals surface area contributed by atoms with E-state index in [0.29, 0.717) is 24.9 Å². The maximum atomic E-state index is 13.2. The summed E-state index contributed by atoms with van der Waals surface area (Å²) in [6, 6.07) is 18.5. The Labute approximate surface area is 180 Å². The van der Waals surface area contributed by atoms with Gasteiger partial charge in [0.1, 0.15) is 4.33 Å². The molecule has 3 atom stereocenters. The number of piperidine rings is 1. The maximum absolute atomic E-state index is 13.2. The first kappa shape index (κ1) is 20.2. The van der Waals surface area contributed by atoms with Gasteiger partial charge in [0.15, 0.2) is 0 Å². The molecular weight excluding hydrogens is 409 g/mol. The number of hydrogen-bond acceptors (Lipinski definition) is 3. The van der Waals surface area contributed by atoms with Crippen LogP contribution in [0.2, 0.25) is 0 Å². The molecule has 1 saturated heterocycles. The molecule has 1 amide bonds. The van der Waals surface area contributed by atoms with E-state index in [1.807, 2.05) is 48.5 Å². The van der Waals surface area contributed by atoms with Gasteiger partial charge in [-0.2, -0.15) is 0 Å². The molecule has 152 valence electrons. The average Bonchev–Trinajstić information content (AvgIpc) is 3.32. The first-order valence-electron chi connectivity index (χ1n) is 9.87. The Morgan fingerprint density at radius 3 is 2.31 bits per heavy atom. The van der Waals surface area contributed by atoms with Crippen LogP contribution in [0.5, 0.6) is 0 Å². The lowest BCUT2D eigenvalue weighted by molar-refractivity contribution is -0.159. The molecule has 2 aromatic rings. The fourth-order valence-corrected chi connectivity index (χ4v) is 5.71. The largest absolute Gasteiger partial charge is 0.466 e. The number of ether oxygens (including phenoxy) is 1. The minimum Gasteiger partial charge on any atom is -0.466 e. The predicted molar refractivity (Wildman–Crippen MR) is 113 cm³/mol. The zero-order valence-corrected chi connectivity index (χ0v) is 17.7. The van der Waals surface area contributed by atoms with Crippen molar-refractivity contribution in [2.45, 2.75) is 30.1 Å². The lowest BCUT2D eigenvalue weighted by Gasteiger charge is -2.39. The standard InChI is InChI=1S/C23H23Cl2NO3/c1-2-29-21(28)22(15-16-9-5-3-6-10-16)13-14-26(19-18(22)23(19,24)25)20(27)17-11-7-4-8-12-17/h3-12,18-19H,2,13-15H2,1H3/t18-,19+,22-/m0/s1. The minimum absolute atomic E-state index is 0.110. The summed E-state index contributed by atoms with van der Waals surface area (Å²) < 4.78 is 4.29. The van der Waals surface area contributed by atoms with Crippen molar-refractivity contribution < 1.29 is 14.3 Å². The summed E-state index contributed by atoms with van der Waals surface area (Å²) in [4.78, 5) is 28.0. The summed E-state index contributed by atoms with van der Waals surface area (Å²) in [5.74, 6) is -0.770. The van der Waals surface area contributed by atoms with Gasteiger partial charge in [-0.1, -0.05) is 71.7 Å². The monoisotopic (exact) mass is 431 g/mol. The summed E-state index contributed by atoms with van der Waals surface area (Å²) >= 11 is 13.4. The lowest BCUT2D eigenvalue weighted by Crippen LogP contribution is -2.49. The van der Waals surface area contributed by atoms with Gasteiger partial charge in [0.25, 0.3) is 5.91 Å². The van der Waals surface area contributed by atoms with Crippen LogP contribution in [0.1, 0.15) is 29.3 Å². The van der Waals surface area contributed by atoms with Gasteiger partial charge in [-0.25, -0.2) is 0 Å². The average molecular weight is 432 g/mol. The Hall–Kier alpha value is -2.04. The highest BCUT2D eigenvalue weighted by Crippen LogP contribution is 2.68. The second-order valence-electron chi connectivity index (χ2n) is 7.75. The van der Waals surface area contributed by atoms with E-state index in [1.54, 1.807) is 24.0 Å². The second-order valence-corrected chi connectivity index (χ2v) is 9.19. The first-order valence-corrected chi connectivity index (χ1v) is 10.6. The number of fused-ring (bicyclic) bond motifs is 1. The topological polar surface area (TPSA) is 46.6 Å². The van der Waals surface area contributed by atoms with Crippen LogP contribution >= 0.6 is 23.2 Å². The van der Waals surface area contributed by atoms with Crippen LogP contribution in [0, 0.1) is 11.3 Å². The molecule has 1 saturated carbocycles. The van der Waals surface area contributed by atoms with Crippen molar-refractivity contribution in [2.24, 2.45) is 11.3 Å². The molecule has 0 unspecified atom stereocenters. The lowest BCUT2D eigenvalue weighted by atomic mass is 9.72. The predicted octanol–water partition coefficient (Wildman–Crippen LogP) is 4.50. The highest BCUT2D eigenvalue weighted by atomic mass is 35.5. The molecule has 0 aromatic heterocycles. The normalized spacial score (nSPS) is 27.1. The third-order valence-corrected chi connectivity index (χ3v) is 6.99. The number of nitrogens with zero attached hydrogens (tertiary/aromatic N) is 1. The molecule has 1 aliphatic heterocycles. The van der Waals surface area contributed by atoms with Gasteiger partial charge in [-0.3, -0.25) is 9.59 Å².